The van der Waals surface area contributed by atoms with Crippen molar-refractivity contribution >= 4 is 0 Å². The monoisotopic (exact) mass is 222 g/mol. The quantitative estimate of drug-likeness (QED) is 0.801. The molecule has 1 aromatic heterocycles. The Morgan fingerprint density at radius 2 is 2.12 bits per heavy atom. The summed E-state index contributed by atoms with van der Waals surface area (Å²) in [4.78, 5) is 4.58. The average molecular weight is 222 g/mol. The molecule has 2 N–H and O–H groups in total. The van der Waals surface area contributed by atoms with E-state index >= 15 is 0 Å². The van der Waals surface area contributed by atoms with Crippen molar-refractivity contribution in [2.24, 2.45) is 0 Å². The number of aromatic nitrogens is 3. The van der Waals surface area contributed by atoms with E-state index in [2.05, 4.69) is 34.3 Å². The van der Waals surface area contributed by atoms with Crippen LogP contribution in [0.25, 0.3) is 0 Å². The van der Waals surface area contributed by atoms with E-state index in [0.29, 0.717) is 12.0 Å². The molecule has 0 spiro atoms. The summed E-state index contributed by atoms with van der Waals surface area (Å²) in [6, 6.07) is 0.539. The highest BCUT2D eigenvalue weighted by atomic mass is 15.2. The molecule has 2 rings (SSSR count). The van der Waals surface area contributed by atoms with Gasteiger partial charge in [0.25, 0.3) is 0 Å². The zero-order chi connectivity index (χ0) is 11.4. The molecule has 1 aliphatic carbocycles. The molecule has 4 nitrogen and oxygen atoms in total. The van der Waals surface area contributed by atoms with E-state index in [0.717, 1.165) is 24.6 Å². The lowest BCUT2D eigenvalue weighted by Gasteiger charge is -2.05. The van der Waals surface area contributed by atoms with E-state index in [9.17, 15) is 0 Å². The Kier molecular flexibility index (Phi) is 3.93. The lowest BCUT2D eigenvalue weighted by atomic mass is 10.1. The molecule has 1 aliphatic rings. The van der Waals surface area contributed by atoms with Gasteiger partial charge in [-0.05, 0) is 12.8 Å². The van der Waals surface area contributed by atoms with Crippen LogP contribution < -0.4 is 5.32 Å². The van der Waals surface area contributed by atoms with Gasteiger partial charge in [-0.1, -0.05) is 26.7 Å². The Morgan fingerprint density at radius 3 is 2.81 bits per heavy atom. The van der Waals surface area contributed by atoms with Crippen molar-refractivity contribution in [2.75, 3.05) is 6.54 Å². The van der Waals surface area contributed by atoms with Crippen LogP contribution in [-0.2, 0) is 6.42 Å². The predicted octanol–water partition coefficient (Wildman–Crippen LogP) is 2.00. The highest BCUT2D eigenvalue weighted by Gasteiger charge is 2.20. The van der Waals surface area contributed by atoms with Gasteiger partial charge in [0.05, 0.1) is 0 Å². The van der Waals surface area contributed by atoms with Crippen LogP contribution in [0.5, 0.6) is 0 Å². The Balaban J connectivity index is 1.82. The van der Waals surface area contributed by atoms with Crippen molar-refractivity contribution in [3.05, 3.63) is 11.6 Å². The van der Waals surface area contributed by atoms with E-state index < -0.39 is 0 Å². The summed E-state index contributed by atoms with van der Waals surface area (Å²) in [5, 5.41) is 10.8. The molecule has 1 aromatic rings. The molecule has 90 valence electrons. The maximum Gasteiger partial charge on any atom is 0.153 e. The summed E-state index contributed by atoms with van der Waals surface area (Å²) in [6.07, 6.45) is 6.15. The number of nitrogens with zero attached hydrogens (tertiary/aromatic N) is 2. The highest BCUT2D eigenvalue weighted by Crippen LogP contribution is 2.31. The second-order valence-electron chi connectivity index (χ2n) is 4.98. The van der Waals surface area contributed by atoms with Crippen molar-refractivity contribution in [3.8, 4) is 0 Å². The first kappa shape index (κ1) is 11.6. The summed E-state index contributed by atoms with van der Waals surface area (Å²) in [6.45, 7) is 5.28. The van der Waals surface area contributed by atoms with E-state index in [4.69, 9.17) is 0 Å². The largest absolute Gasteiger partial charge is 0.314 e. The van der Waals surface area contributed by atoms with Crippen LogP contribution in [0.4, 0.5) is 0 Å². The first-order chi connectivity index (χ1) is 7.75. The van der Waals surface area contributed by atoms with E-state index in [-0.39, 0.29) is 0 Å². The molecule has 0 atom stereocenters. The summed E-state index contributed by atoms with van der Waals surface area (Å²) in [5.41, 5.74) is 0. The summed E-state index contributed by atoms with van der Waals surface area (Å²) >= 11 is 0. The van der Waals surface area contributed by atoms with Gasteiger partial charge in [-0.25, -0.2) is 4.98 Å². The third-order valence-corrected chi connectivity index (χ3v) is 3.18. The lowest BCUT2D eigenvalue weighted by Crippen LogP contribution is -2.25. The second-order valence-corrected chi connectivity index (χ2v) is 4.98. The van der Waals surface area contributed by atoms with Crippen molar-refractivity contribution in [2.45, 2.75) is 57.9 Å². The van der Waals surface area contributed by atoms with Crippen molar-refractivity contribution in [1.82, 2.24) is 20.5 Å². The van der Waals surface area contributed by atoms with Crippen LogP contribution in [0.1, 0.15) is 57.1 Å². The zero-order valence-electron chi connectivity index (χ0n) is 10.3. The van der Waals surface area contributed by atoms with Crippen molar-refractivity contribution in [1.29, 1.82) is 0 Å². The highest BCUT2D eigenvalue weighted by molar-refractivity contribution is 5.00. The smallest absolute Gasteiger partial charge is 0.153 e. The fourth-order valence-corrected chi connectivity index (χ4v) is 2.27. The standard InChI is InChI=1S/C12H22N4/c1-9(2)13-8-7-11-14-12(16-15-11)10-5-3-4-6-10/h9-10,13H,3-8H2,1-2H3,(H,14,15,16). The number of hydrogen-bond acceptors (Lipinski definition) is 3. The third kappa shape index (κ3) is 3.04. The minimum Gasteiger partial charge on any atom is -0.314 e. The molecule has 0 unspecified atom stereocenters. The lowest BCUT2D eigenvalue weighted by molar-refractivity contribution is 0.583. The number of rotatable bonds is 5. The first-order valence-electron chi connectivity index (χ1n) is 6.40. The molecule has 0 saturated heterocycles. The van der Waals surface area contributed by atoms with Crippen LogP contribution in [0.2, 0.25) is 0 Å². The molecular formula is C12H22N4. The molecule has 0 aliphatic heterocycles. The number of nitrogens with one attached hydrogen (secondary N) is 2. The SMILES string of the molecule is CC(C)NCCc1nc(C2CCCC2)n[nH]1. The van der Waals surface area contributed by atoms with Gasteiger partial charge in [-0.2, -0.15) is 5.10 Å². The normalized spacial score (nSPS) is 17.4. The minimum atomic E-state index is 0.539. The number of H-pyrrole nitrogens is 1. The van der Waals surface area contributed by atoms with E-state index in [1.54, 1.807) is 0 Å². The average Bonchev–Trinajstić information content (AvgIpc) is 2.85. The van der Waals surface area contributed by atoms with Gasteiger partial charge < -0.3 is 5.32 Å². The van der Waals surface area contributed by atoms with Gasteiger partial charge >= 0.3 is 0 Å². The van der Waals surface area contributed by atoms with Gasteiger partial charge in [-0.15, -0.1) is 0 Å². The predicted molar refractivity (Wildman–Crippen MR) is 64.4 cm³/mol. The van der Waals surface area contributed by atoms with E-state index in [1.165, 1.54) is 25.7 Å². The van der Waals surface area contributed by atoms with Crippen molar-refractivity contribution < 1.29 is 0 Å². The van der Waals surface area contributed by atoms with Gasteiger partial charge in [0.15, 0.2) is 5.82 Å². The Labute approximate surface area is 97.2 Å². The number of aromatic amines is 1. The maximum absolute atomic E-state index is 4.58. The molecule has 16 heavy (non-hydrogen) atoms. The fraction of sp³-hybridized carbons (Fsp3) is 0.833. The van der Waals surface area contributed by atoms with Gasteiger partial charge in [0.1, 0.15) is 5.82 Å². The second kappa shape index (κ2) is 5.43. The minimum absolute atomic E-state index is 0.539. The van der Waals surface area contributed by atoms with Crippen LogP contribution in [0.15, 0.2) is 0 Å². The fourth-order valence-electron chi connectivity index (χ4n) is 2.27. The molecule has 1 heterocycles. The Hall–Kier alpha value is -0.900. The molecule has 0 radical (unpaired) electrons. The Bertz CT molecular complexity index is 313. The van der Waals surface area contributed by atoms with Gasteiger partial charge in [0, 0.05) is 24.9 Å². The summed E-state index contributed by atoms with van der Waals surface area (Å²) < 4.78 is 0. The topological polar surface area (TPSA) is 53.6 Å². The molecular weight excluding hydrogens is 200 g/mol. The van der Waals surface area contributed by atoms with Crippen molar-refractivity contribution in [3.63, 3.8) is 0 Å². The third-order valence-electron chi connectivity index (χ3n) is 3.18. The summed E-state index contributed by atoms with van der Waals surface area (Å²) in [7, 11) is 0. The number of hydrogen-bond donors (Lipinski definition) is 2. The van der Waals surface area contributed by atoms with Crippen LogP contribution in [-0.4, -0.2) is 27.8 Å². The Morgan fingerprint density at radius 1 is 1.38 bits per heavy atom. The molecule has 1 fully saturated rings. The molecule has 4 heteroatoms. The van der Waals surface area contributed by atoms with Crippen LogP contribution in [0.3, 0.4) is 0 Å². The molecule has 0 bridgehead atoms. The molecule has 1 saturated carbocycles. The zero-order valence-corrected chi connectivity index (χ0v) is 10.3. The maximum atomic E-state index is 4.58. The molecule has 0 aromatic carbocycles. The van der Waals surface area contributed by atoms with Crippen LogP contribution >= 0.6 is 0 Å². The molecule has 0 amide bonds. The van der Waals surface area contributed by atoms with Gasteiger partial charge in [0.2, 0.25) is 0 Å². The first-order valence-corrected chi connectivity index (χ1v) is 6.40. The summed E-state index contributed by atoms with van der Waals surface area (Å²) in [5.74, 6) is 2.68. The van der Waals surface area contributed by atoms with Crippen LogP contribution in [0, 0.1) is 0 Å². The van der Waals surface area contributed by atoms with E-state index in [1.807, 2.05) is 0 Å². The van der Waals surface area contributed by atoms with Gasteiger partial charge in [-0.3, -0.25) is 5.10 Å².